The van der Waals surface area contributed by atoms with Gasteiger partial charge in [-0.1, -0.05) is 11.6 Å². The van der Waals surface area contributed by atoms with Crippen molar-refractivity contribution in [1.29, 1.82) is 0 Å². The average molecular weight is 281 g/mol. The average Bonchev–Trinajstić information content (AvgIpc) is 2.40. The Balaban J connectivity index is 2.66. The van der Waals surface area contributed by atoms with E-state index in [0.717, 1.165) is 0 Å². The molecule has 0 aliphatic carbocycles. The number of primary amides is 1. The van der Waals surface area contributed by atoms with Crippen molar-refractivity contribution in [3.8, 4) is 11.3 Å². The van der Waals surface area contributed by atoms with Crippen LogP contribution in [0, 0.1) is 5.82 Å². The summed E-state index contributed by atoms with van der Waals surface area (Å²) < 4.78 is 13.5. The number of halogens is 2. The number of anilines is 2. The van der Waals surface area contributed by atoms with Crippen molar-refractivity contribution in [1.82, 2.24) is 4.98 Å². The lowest BCUT2D eigenvalue weighted by molar-refractivity contribution is 0.1000. The van der Waals surface area contributed by atoms with Crippen molar-refractivity contribution < 1.29 is 9.18 Å². The summed E-state index contributed by atoms with van der Waals surface area (Å²) in [7, 11) is 0. The summed E-state index contributed by atoms with van der Waals surface area (Å²) in [6.07, 6.45) is 1.39. The Morgan fingerprint density at radius 1 is 1.32 bits per heavy atom. The normalized spacial score (nSPS) is 10.4. The molecule has 7 heteroatoms. The van der Waals surface area contributed by atoms with Gasteiger partial charge in [-0.15, -0.1) is 0 Å². The standard InChI is InChI=1S/C12H10ClFN4O/c13-9-10(14)7(15)4-6(11(9)16)8-3-5(12(17)19)1-2-18-8/h1-4H,15-16H2,(H2,17,19). The van der Waals surface area contributed by atoms with Gasteiger partial charge in [-0.2, -0.15) is 0 Å². The molecule has 0 saturated carbocycles. The highest BCUT2D eigenvalue weighted by molar-refractivity contribution is 6.34. The zero-order chi connectivity index (χ0) is 14.2. The lowest BCUT2D eigenvalue weighted by Gasteiger charge is -2.10. The highest BCUT2D eigenvalue weighted by Crippen LogP contribution is 2.36. The molecule has 2 rings (SSSR count). The van der Waals surface area contributed by atoms with Crippen LogP contribution in [0.2, 0.25) is 5.02 Å². The van der Waals surface area contributed by atoms with E-state index < -0.39 is 11.7 Å². The van der Waals surface area contributed by atoms with Crippen LogP contribution in [0.4, 0.5) is 15.8 Å². The van der Waals surface area contributed by atoms with Crippen LogP contribution >= 0.6 is 11.6 Å². The van der Waals surface area contributed by atoms with E-state index in [2.05, 4.69) is 4.98 Å². The molecule has 98 valence electrons. The fourth-order valence-electron chi connectivity index (χ4n) is 1.60. The van der Waals surface area contributed by atoms with Crippen molar-refractivity contribution >= 4 is 28.9 Å². The van der Waals surface area contributed by atoms with E-state index in [1.807, 2.05) is 0 Å². The quantitative estimate of drug-likeness (QED) is 0.729. The van der Waals surface area contributed by atoms with Crippen LogP contribution in [0.3, 0.4) is 0 Å². The molecule has 0 spiro atoms. The van der Waals surface area contributed by atoms with Crippen molar-refractivity contribution in [3.63, 3.8) is 0 Å². The minimum absolute atomic E-state index is 0.00230. The first-order chi connectivity index (χ1) is 8.91. The molecular formula is C12H10ClFN4O. The Labute approximate surface area is 113 Å². The number of aromatic nitrogens is 1. The van der Waals surface area contributed by atoms with Gasteiger partial charge >= 0.3 is 0 Å². The topological polar surface area (TPSA) is 108 Å². The number of nitrogens with zero attached hydrogens (tertiary/aromatic N) is 1. The fraction of sp³-hybridized carbons (Fsp3) is 0. The van der Waals surface area contributed by atoms with E-state index in [0.29, 0.717) is 11.3 Å². The number of nitrogens with two attached hydrogens (primary N) is 3. The summed E-state index contributed by atoms with van der Waals surface area (Å²) in [4.78, 5) is 15.2. The van der Waals surface area contributed by atoms with E-state index in [4.69, 9.17) is 28.8 Å². The van der Waals surface area contributed by atoms with E-state index in [1.54, 1.807) is 0 Å². The highest BCUT2D eigenvalue weighted by atomic mass is 35.5. The van der Waals surface area contributed by atoms with Crippen molar-refractivity contribution in [2.24, 2.45) is 5.73 Å². The van der Waals surface area contributed by atoms with Crippen LogP contribution in [0.5, 0.6) is 0 Å². The molecule has 0 atom stereocenters. The Morgan fingerprint density at radius 2 is 2.00 bits per heavy atom. The first kappa shape index (κ1) is 13.1. The number of amides is 1. The second-order valence-electron chi connectivity index (χ2n) is 3.85. The predicted molar refractivity (Wildman–Crippen MR) is 72.0 cm³/mol. The molecule has 1 heterocycles. The molecule has 0 bridgehead atoms. The number of nitrogen functional groups attached to an aromatic ring is 2. The van der Waals surface area contributed by atoms with Gasteiger partial charge in [0.1, 0.15) is 5.02 Å². The Morgan fingerprint density at radius 3 is 2.63 bits per heavy atom. The van der Waals surface area contributed by atoms with Crippen molar-refractivity contribution in [2.45, 2.75) is 0 Å². The maximum absolute atomic E-state index is 13.5. The lowest BCUT2D eigenvalue weighted by atomic mass is 10.1. The molecule has 6 N–H and O–H groups in total. The second-order valence-corrected chi connectivity index (χ2v) is 4.23. The number of hydrogen-bond donors (Lipinski definition) is 3. The van der Waals surface area contributed by atoms with Crippen LogP contribution in [0.1, 0.15) is 10.4 Å². The van der Waals surface area contributed by atoms with Gasteiger partial charge in [-0.05, 0) is 18.2 Å². The smallest absolute Gasteiger partial charge is 0.248 e. The Kier molecular flexibility index (Phi) is 3.26. The molecule has 0 saturated heterocycles. The third-order valence-corrected chi connectivity index (χ3v) is 2.96. The van der Waals surface area contributed by atoms with Crippen molar-refractivity contribution in [3.05, 3.63) is 40.8 Å². The third-order valence-electron chi connectivity index (χ3n) is 2.59. The van der Waals surface area contributed by atoms with Crippen molar-refractivity contribution in [2.75, 3.05) is 11.5 Å². The summed E-state index contributed by atoms with van der Waals surface area (Å²) in [5, 5.41) is -0.277. The first-order valence-corrected chi connectivity index (χ1v) is 5.58. The van der Waals surface area contributed by atoms with Gasteiger partial charge in [0.15, 0.2) is 5.82 Å². The monoisotopic (exact) mass is 280 g/mol. The number of hydrogen-bond acceptors (Lipinski definition) is 4. The first-order valence-electron chi connectivity index (χ1n) is 5.21. The Hall–Kier alpha value is -2.34. The zero-order valence-corrected chi connectivity index (χ0v) is 10.4. The van der Waals surface area contributed by atoms with Crippen LogP contribution in [0.15, 0.2) is 24.4 Å². The molecule has 0 radical (unpaired) electrons. The molecule has 0 fully saturated rings. The summed E-state index contributed by atoms with van der Waals surface area (Å²) in [6.45, 7) is 0. The van der Waals surface area contributed by atoms with Crippen LogP contribution in [-0.2, 0) is 0 Å². The minimum atomic E-state index is -0.783. The van der Waals surface area contributed by atoms with E-state index in [1.165, 1.54) is 24.4 Å². The molecule has 0 aliphatic rings. The van der Waals surface area contributed by atoms with Gasteiger partial charge in [0.2, 0.25) is 5.91 Å². The number of rotatable bonds is 2. The van der Waals surface area contributed by atoms with Crippen LogP contribution in [0.25, 0.3) is 11.3 Å². The van der Waals surface area contributed by atoms with Crippen LogP contribution in [-0.4, -0.2) is 10.9 Å². The second kappa shape index (κ2) is 4.74. The molecular weight excluding hydrogens is 271 g/mol. The van der Waals surface area contributed by atoms with E-state index >= 15 is 0 Å². The minimum Gasteiger partial charge on any atom is -0.397 e. The van der Waals surface area contributed by atoms with Gasteiger partial charge in [0, 0.05) is 17.3 Å². The molecule has 0 unspecified atom stereocenters. The third kappa shape index (κ3) is 2.30. The summed E-state index contributed by atoms with van der Waals surface area (Å²) >= 11 is 5.74. The maximum atomic E-state index is 13.5. The lowest BCUT2D eigenvalue weighted by Crippen LogP contribution is -2.11. The highest BCUT2D eigenvalue weighted by Gasteiger charge is 2.16. The molecule has 19 heavy (non-hydrogen) atoms. The predicted octanol–water partition coefficient (Wildman–Crippen LogP) is 1.80. The van der Waals surface area contributed by atoms with E-state index in [-0.39, 0.29) is 22.0 Å². The number of benzene rings is 1. The number of pyridine rings is 1. The van der Waals surface area contributed by atoms with Gasteiger partial charge in [0.25, 0.3) is 0 Å². The molecule has 5 nitrogen and oxygen atoms in total. The summed E-state index contributed by atoms with van der Waals surface area (Å²) in [5.74, 6) is -1.39. The number of carbonyl (C=O) groups is 1. The molecule has 1 amide bonds. The van der Waals surface area contributed by atoms with Gasteiger partial charge in [-0.25, -0.2) is 4.39 Å². The van der Waals surface area contributed by atoms with E-state index in [9.17, 15) is 9.18 Å². The van der Waals surface area contributed by atoms with Crippen LogP contribution < -0.4 is 17.2 Å². The molecule has 2 aromatic rings. The van der Waals surface area contributed by atoms with Gasteiger partial charge < -0.3 is 17.2 Å². The zero-order valence-electron chi connectivity index (χ0n) is 9.65. The summed E-state index contributed by atoms with van der Waals surface area (Å²) in [6, 6.07) is 4.20. The van der Waals surface area contributed by atoms with Gasteiger partial charge in [-0.3, -0.25) is 9.78 Å². The molecule has 1 aromatic heterocycles. The Bertz CT molecular complexity index is 675. The largest absolute Gasteiger partial charge is 0.397 e. The SMILES string of the molecule is NC(=O)c1ccnc(-c2cc(N)c(F)c(Cl)c2N)c1. The van der Waals surface area contributed by atoms with Gasteiger partial charge in [0.05, 0.1) is 17.1 Å². The fourth-order valence-corrected chi connectivity index (χ4v) is 1.81. The molecule has 1 aromatic carbocycles. The summed E-state index contributed by atoms with van der Waals surface area (Å²) in [5.41, 5.74) is 17.2. The maximum Gasteiger partial charge on any atom is 0.248 e. The molecule has 0 aliphatic heterocycles. The number of carbonyl (C=O) groups excluding carboxylic acids is 1.